The average molecular weight is 275 g/mol. The lowest BCUT2D eigenvalue weighted by Gasteiger charge is -2.19. The molecule has 3 heterocycles. The van der Waals surface area contributed by atoms with E-state index in [4.69, 9.17) is 0 Å². The van der Waals surface area contributed by atoms with E-state index in [9.17, 15) is 9.59 Å². The lowest BCUT2D eigenvalue weighted by atomic mass is 10.3. The minimum atomic E-state index is -0.393. The van der Waals surface area contributed by atoms with E-state index in [1.807, 2.05) is 6.92 Å². The highest BCUT2D eigenvalue weighted by molar-refractivity contribution is 5.72. The van der Waals surface area contributed by atoms with Crippen molar-refractivity contribution in [3.8, 4) is 0 Å². The summed E-state index contributed by atoms with van der Waals surface area (Å²) in [5.74, 6) is 0.755. The molecule has 1 aliphatic rings. The van der Waals surface area contributed by atoms with Gasteiger partial charge in [-0.15, -0.1) is 0 Å². The van der Waals surface area contributed by atoms with Gasteiger partial charge in [0.25, 0.3) is 5.56 Å². The van der Waals surface area contributed by atoms with E-state index in [2.05, 4.69) is 14.9 Å². The highest BCUT2D eigenvalue weighted by Gasteiger charge is 2.20. The molecule has 3 rings (SSSR count). The fourth-order valence-corrected chi connectivity index (χ4v) is 2.67. The van der Waals surface area contributed by atoms with Crippen LogP contribution in [0.25, 0.3) is 11.2 Å². The van der Waals surface area contributed by atoms with Gasteiger partial charge in [0.1, 0.15) is 0 Å². The molecule has 0 spiro atoms. The Morgan fingerprint density at radius 3 is 2.30 bits per heavy atom. The molecule has 1 saturated heterocycles. The summed E-state index contributed by atoms with van der Waals surface area (Å²) < 4.78 is 2.44. The maximum atomic E-state index is 12.2. The number of hydrogen-bond donors (Lipinski definition) is 0. The number of hydrogen-bond acceptors (Lipinski definition) is 5. The average Bonchev–Trinajstić information content (AvgIpc) is 2.96. The predicted octanol–water partition coefficient (Wildman–Crippen LogP) is -0.0642. The van der Waals surface area contributed by atoms with E-state index in [1.54, 1.807) is 7.05 Å². The maximum absolute atomic E-state index is 12.2. The Bertz CT molecular complexity index is 799. The molecule has 1 fully saturated rings. The van der Waals surface area contributed by atoms with E-state index in [-0.39, 0.29) is 11.2 Å². The monoisotopic (exact) mass is 275 g/mol. The van der Waals surface area contributed by atoms with Crippen LogP contribution < -0.4 is 16.1 Å². The quantitative estimate of drug-likeness (QED) is 0.729. The second-order valence-electron chi connectivity index (χ2n) is 5.20. The van der Waals surface area contributed by atoms with E-state index < -0.39 is 5.56 Å². The van der Waals surface area contributed by atoms with Crippen LogP contribution in [0.2, 0.25) is 0 Å². The number of aryl methyl sites for hydroxylation is 2. The first kappa shape index (κ1) is 12.8. The SMILES string of the molecule is Cc1nc2c(nc1N1CCCC1)c(=O)n(C)c(=O)n2C. The van der Waals surface area contributed by atoms with Crippen molar-refractivity contribution in [3.05, 3.63) is 26.5 Å². The molecule has 0 radical (unpaired) electrons. The van der Waals surface area contributed by atoms with Crippen LogP contribution in [0, 0.1) is 6.92 Å². The first-order valence-electron chi connectivity index (χ1n) is 6.70. The van der Waals surface area contributed by atoms with Crippen molar-refractivity contribution in [2.24, 2.45) is 14.1 Å². The van der Waals surface area contributed by atoms with Gasteiger partial charge in [0, 0.05) is 27.2 Å². The Hall–Kier alpha value is -2.18. The molecule has 0 atom stereocenters. The molecular weight excluding hydrogens is 258 g/mol. The van der Waals surface area contributed by atoms with Gasteiger partial charge in [-0.3, -0.25) is 13.9 Å². The van der Waals surface area contributed by atoms with Gasteiger partial charge >= 0.3 is 5.69 Å². The third-order valence-electron chi connectivity index (χ3n) is 3.83. The molecule has 2 aromatic rings. The van der Waals surface area contributed by atoms with Crippen LogP contribution in [0.3, 0.4) is 0 Å². The molecule has 0 aromatic carbocycles. The summed E-state index contributed by atoms with van der Waals surface area (Å²) in [5.41, 5.74) is 0.574. The van der Waals surface area contributed by atoms with Gasteiger partial charge in [-0.05, 0) is 19.8 Å². The van der Waals surface area contributed by atoms with Crippen molar-refractivity contribution >= 4 is 17.0 Å². The molecule has 20 heavy (non-hydrogen) atoms. The summed E-state index contributed by atoms with van der Waals surface area (Å²) in [6.45, 7) is 3.74. The van der Waals surface area contributed by atoms with Gasteiger partial charge in [-0.1, -0.05) is 0 Å². The number of nitrogens with zero attached hydrogens (tertiary/aromatic N) is 5. The Labute approximate surface area is 115 Å². The van der Waals surface area contributed by atoms with E-state index in [0.717, 1.165) is 42.0 Å². The second-order valence-corrected chi connectivity index (χ2v) is 5.20. The van der Waals surface area contributed by atoms with Crippen LogP contribution in [-0.4, -0.2) is 32.2 Å². The van der Waals surface area contributed by atoms with E-state index in [0.29, 0.717) is 5.65 Å². The Kier molecular flexibility index (Phi) is 2.84. The normalized spacial score (nSPS) is 15.2. The number of anilines is 1. The van der Waals surface area contributed by atoms with Gasteiger partial charge in [-0.2, -0.15) is 0 Å². The summed E-state index contributed by atoms with van der Waals surface area (Å²) in [6, 6.07) is 0. The standard InChI is InChI=1S/C13H17N5O2/c1-8-10(18-6-4-5-7-18)15-9-11(14-8)16(2)13(20)17(3)12(9)19/h4-7H2,1-3H3. The molecule has 1 aliphatic heterocycles. The van der Waals surface area contributed by atoms with Crippen molar-refractivity contribution < 1.29 is 0 Å². The summed E-state index contributed by atoms with van der Waals surface area (Å²) >= 11 is 0. The molecule has 2 aromatic heterocycles. The second kappa shape index (κ2) is 4.43. The van der Waals surface area contributed by atoms with Crippen LogP contribution in [0.15, 0.2) is 9.59 Å². The topological polar surface area (TPSA) is 73.0 Å². The van der Waals surface area contributed by atoms with Gasteiger partial charge < -0.3 is 4.90 Å². The van der Waals surface area contributed by atoms with Crippen molar-refractivity contribution in [2.75, 3.05) is 18.0 Å². The number of rotatable bonds is 1. The van der Waals surface area contributed by atoms with Crippen molar-refractivity contribution in [1.29, 1.82) is 0 Å². The molecular formula is C13H17N5O2. The summed E-state index contributed by atoms with van der Waals surface area (Å²) in [6.07, 6.45) is 2.26. The zero-order valence-corrected chi connectivity index (χ0v) is 11.9. The highest BCUT2D eigenvalue weighted by Crippen LogP contribution is 2.21. The zero-order valence-electron chi connectivity index (χ0n) is 11.9. The van der Waals surface area contributed by atoms with E-state index >= 15 is 0 Å². The van der Waals surface area contributed by atoms with Crippen molar-refractivity contribution in [1.82, 2.24) is 19.1 Å². The van der Waals surface area contributed by atoms with Crippen LogP contribution in [0.4, 0.5) is 5.82 Å². The fourth-order valence-electron chi connectivity index (χ4n) is 2.67. The molecule has 7 nitrogen and oxygen atoms in total. The Morgan fingerprint density at radius 1 is 1.00 bits per heavy atom. The smallest absolute Gasteiger partial charge is 0.332 e. The zero-order chi connectivity index (χ0) is 14.4. The van der Waals surface area contributed by atoms with E-state index in [1.165, 1.54) is 11.6 Å². The molecule has 0 bridgehead atoms. The predicted molar refractivity (Wildman–Crippen MR) is 76.2 cm³/mol. The fraction of sp³-hybridized carbons (Fsp3) is 0.538. The van der Waals surface area contributed by atoms with Crippen LogP contribution in [-0.2, 0) is 14.1 Å². The van der Waals surface area contributed by atoms with Gasteiger partial charge in [0.2, 0.25) is 0 Å². The first-order chi connectivity index (χ1) is 9.50. The number of fused-ring (bicyclic) bond motifs is 1. The molecule has 0 saturated carbocycles. The largest absolute Gasteiger partial charge is 0.355 e. The minimum absolute atomic E-state index is 0.252. The van der Waals surface area contributed by atoms with Crippen molar-refractivity contribution in [3.63, 3.8) is 0 Å². The lowest BCUT2D eigenvalue weighted by molar-refractivity contribution is 0.702. The third kappa shape index (κ3) is 1.73. The molecule has 0 amide bonds. The summed E-state index contributed by atoms with van der Waals surface area (Å²) in [5, 5.41) is 0. The van der Waals surface area contributed by atoms with Crippen molar-refractivity contribution in [2.45, 2.75) is 19.8 Å². The Morgan fingerprint density at radius 2 is 1.65 bits per heavy atom. The van der Waals surface area contributed by atoms with Crippen LogP contribution in [0.5, 0.6) is 0 Å². The molecule has 0 unspecified atom stereocenters. The molecule has 0 N–H and O–H groups in total. The maximum Gasteiger partial charge on any atom is 0.332 e. The Balaban J connectivity index is 2.35. The summed E-state index contributed by atoms with van der Waals surface area (Å²) in [7, 11) is 3.06. The lowest BCUT2D eigenvalue weighted by Crippen LogP contribution is -2.38. The first-order valence-corrected chi connectivity index (χ1v) is 6.70. The van der Waals surface area contributed by atoms with Gasteiger partial charge in [0.05, 0.1) is 5.69 Å². The van der Waals surface area contributed by atoms with Gasteiger partial charge in [0.15, 0.2) is 17.0 Å². The van der Waals surface area contributed by atoms with Crippen LogP contribution in [0.1, 0.15) is 18.5 Å². The van der Waals surface area contributed by atoms with Gasteiger partial charge in [-0.25, -0.2) is 14.8 Å². The van der Waals surface area contributed by atoms with Crippen LogP contribution >= 0.6 is 0 Å². The minimum Gasteiger partial charge on any atom is -0.355 e. The molecule has 7 heteroatoms. The molecule has 0 aliphatic carbocycles. The summed E-state index contributed by atoms with van der Waals surface area (Å²) in [4.78, 5) is 35.2. The molecule has 106 valence electrons. The third-order valence-corrected chi connectivity index (χ3v) is 3.83. The number of aromatic nitrogens is 4. The highest BCUT2D eigenvalue weighted by atomic mass is 16.2.